The zero-order valence-electron chi connectivity index (χ0n) is 18.1. The summed E-state index contributed by atoms with van der Waals surface area (Å²) in [6, 6.07) is -2.74. The Balaban J connectivity index is 2.81. The second-order valence-corrected chi connectivity index (χ2v) is 8.17. The van der Waals surface area contributed by atoms with E-state index in [1.165, 1.54) is 18.1 Å². The third-order valence-electron chi connectivity index (χ3n) is 4.57. The normalized spacial score (nSPS) is 13.6. The molecule has 3 unspecified atom stereocenters. The predicted octanol–water partition coefficient (Wildman–Crippen LogP) is -1.67. The number of unbranched alkanes of at least 4 members (excludes halogenated alkanes) is 1. The molecule has 0 bridgehead atoms. The number of nitrogens with one attached hydrogen (secondary N) is 4. The van der Waals surface area contributed by atoms with Crippen molar-refractivity contribution in [2.24, 2.45) is 11.5 Å². The third-order valence-corrected chi connectivity index (χ3v) is 5.21. The fourth-order valence-corrected chi connectivity index (χ4v) is 3.30. The fourth-order valence-electron chi connectivity index (χ4n) is 2.83. The number of nitrogens with zero attached hydrogens (tertiary/aromatic N) is 1. The zero-order chi connectivity index (χ0) is 23.9. The molecule has 0 aliphatic heterocycles. The highest BCUT2D eigenvalue weighted by Crippen LogP contribution is 2.06. The van der Waals surface area contributed by atoms with Crippen LogP contribution in [0, 0.1) is 0 Å². The van der Waals surface area contributed by atoms with Gasteiger partial charge >= 0.3 is 5.97 Å². The van der Waals surface area contributed by atoms with Crippen molar-refractivity contribution in [2.75, 3.05) is 25.1 Å². The van der Waals surface area contributed by atoms with Gasteiger partial charge in [0, 0.05) is 18.3 Å². The number of hydrogen-bond acceptors (Lipinski definition) is 8. The number of aromatic amines is 1. The number of H-pyrrole nitrogens is 1. The number of hydrogen-bond donors (Lipinski definition) is 7. The molecule has 1 aromatic rings. The second kappa shape index (κ2) is 15.2. The van der Waals surface area contributed by atoms with Crippen molar-refractivity contribution in [3.05, 3.63) is 18.2 Å². The molecule has 9 N–H and O–H groups in total. The first-order valence-corrected chi connectivity index (χ1v) is 11.7. The summed E-state index contributed by atoms with van der Waals surface area (Å²) in [7, 11) is 0. The molecule has 180 valence electrons. The number of imidazole rings is 1. The van der Waals surface area contributed by atoms with Gasteiger partial charge in [-0.1, -0.05) is 0 Å². The molecule has 13 heteroatoms. The molecule has 0 fully saturated rings. The van der Waals surface area contributed by atoms with Gasteiger partial charge in [-0.2, -0.15) is 11.8 Å². The average molecular weight is 472 g/mol. The SMILES string of the molecule is CSCCC(NC(=O)C(CCCCN)NC(=O)C(N)Cc1cnc[nH]1)C(=O)NCC(=O)O. The molecule has 1 heterocycles. The Labute approximate surface area is 191 Å². The maximum absolute atomic E-state index is 12.9. The van der Waals surface area contributed by atoms with E-state index in [1.54, 1.807) is 6.20 Å². The van der Waals surface area contributed by atoms with Crippen molar-refractivity contribution in [2.45, 2.75) is 50.2 Å². The first kappa shape index (κ1) is 27.4. The number of aliphatic carboxylic acids is 1. The molecule has 12 nitrogen and oxygen atoms in total. The first-order valence-electron chi connectivity index (χ1n) is 10.3. The van der Waals surface area contributed by atoms with Crippen molar-refractivity contribution in [1.29, 1.82) is 0 Å². The van der Waals surface area contributed by atoms with Crippen molar-refractivity contribution in [3.8, 4) is 0 Å². The number of rotatable bonds is 16. The van der Waals surface area contributed by atoms with E-state index in [1.807, 2.05) is 6.26 Å². The summed E-state index contributed by atoms with van der Waals surface area (Å²) in [5.74, 6) is -2.27. The summed E-state index contributed by atoms with van der Waals surface area (Å²) in [6.45, 7) is -0.112. The van der Waals surface area contributed by atoms with Crippen molar-refractivity contribution >= 4 is 35.5 Å². The van der Waals surface area contributed by atoms with Crippen LogP contribution in [0.3, 0.4) is 0 Å². The van der Waals surface area contributed by atoms with E-state index in [0.717, 1.165) is 0 Å². The number of nitrogens with two attached hydrogens (primary N) is 2. The van der Waals surface area contributed by atoms with E-state index in [4.69, 9.17) is 16.6 Å². The molecule has 0 aliphatic carbocycles. The first-order chi connectivity index (χ1) is 15.3. The smallest absolute Gasteiger partial charge is 0.322 e. The molecule has 0 radical (unpaired) electrons. The van der Waals surface area contributed by atoms with Gasteiger partial charge in [0.25, 0.3) is 0 Å². The number of carboxylic acid groups (broad SMARTS) is 1. The lowest BCUT2D eigenvalue weighted by molar-refractivity contribution is -0.138. The van der Waals surface area contributed by atoms with Gasteiger partial charge in [0.2, 0.25) is 17.7 Å². The summed E-state index contributed by atoms with van der Waals surface area (Å²) >= 11 is 1.48. The highest BCUT2D eigenvalue weighted by Gasteiger charge is 2.28. The predicted molar refractivity (Wildman–Crippen MR) is 121 cm³/mol. The van der Waals surface area contributed by atoms with Crippen LogP contribution in [0.1, 0.15) is 31.4 Å². The molecular formula is C19H33N7O5S. The van der Waals surface area contributed by atoms with Gasteiger partial charge < -0.3 is 37.5 Å². The molecule has 0 aliphatic rings. The van der Waals surface area contributed by atoms with Crippen LogP contribution in [0.15, 0.2) is 12.5 Å². The maximum atomic E-state index is 12.9. The Morgan fingerprint density at radius 3 is 2.41 bits per heavy atom. The number of carboxylic acids is 1. The molecule has 32 heavy (non-hydrogen) atoms. The molecule has 0 saturated heterocycles. The molecular weight excluding hydrogens is 438 g/mol. The minimum absolute atomic E-state index is 0.219. The molecule has 0 saturated carbocycles. The summed E-state index contributed by atoms with van der Waals surface area (Å²) in [4.78, 5) is 55.3. The van der Waals surface area contributed by atoms with Crippen molar-refractivity contribution < 1.29 is 24.3 Å². The minimum atomic E-state index is -1.19. The van der Waals surface area contributed by atoms with Gasteiger partial charge in [-0.25, -0.2) is 4.98 Å². The van der Waals surface area contributed by atoms with Crippen molar-refractivity contribution in [3.63, 3.8) is 0 Å². The van der Waals surface area contributed by atoms with Gasteiger partial charge in [0.15, 0.2) is 0 Å². The van der Waals surface area contributed by atoms with E-state index in [9.17, 15) is 19.2 Å². The molecule has 1 rings (SSSR count). The highest BCUT2D eigenvalue weighted by molar-refractivity contribution is 7.98. The van der Waals surface area contributed by atoms with E-state index in [2.05, 4.69) is 25.9 Å². The Bertz CT molecular complexity index is 732. The van der Waals surface area contributed by atoms with Crippen LogP contribution >= 0.6 is 11.8 Å². The third kappa shape index (κ3) is 10.6. The number of thioether (sulfide) groups is 1. The van der Waals surface area contributed by atoms with Crippen LogP contribution in [0.25, 0.3) is 0 Å². The van der Waals surface area contributed by atoms with Crippen LogP contribution in [0.5, 0.6) is 0 Å². The molecule has 3 amide bonds. The van der Waals surface area contributed by atoms with Gasteiger partial charge in [0.1, 0.15) is 18.6 Å². The summed E-state index contributed by atoms with van der Waals surface area (Å²) in [6.07, 6.45) is 6.98. The largest absolute Gasteiger partial charge is 0.480 e. The monoisotopic (exact) mass is 471 g/mol. The molecule has 3 atom stereocenters. The van der Waals surface area contributed by atoms with E-state index in [0.29, 0.717) is 43.7 Å². The zero-order valence-corrected chi connectivity index (χ0v) is 19.0. The minimum Gasteiger partial charge on any atom is -0.480 e. The number of aromatic nitrogens is 2. The van der Waals surface area contributed by atoms with Crippen LogP contribution in [-0.4, -0.2) is 82.0 Å². The van der Waals surface area contributed by atoms with E-state index >= 15 is 0 Å². The van der Waals surface area contributed by atoms with E-state index in [-0.39, 0.29) is 6.42 Å². The quantitative estimate of drug-likeness (QED) is 0.137. The van der Waals surface area contributed by atoms with Crippen LogP contribution in [0.2, 0.25) is 0 Å². The van der Waals surface area contributed by atoms with E-state index < -0.39 is 48.4 Å². The number of amides is 3. The van der Waals surface area contributed by atoms with Gasteiger partial charge in [0.05, 0.1) is 12.4 Å². The lowest BCUT2D eigenvalue weighted by atomic mass is 10.1. The second-order valence-electron chi connectivity index (χ2n) is 7.19. The summed E-state index contributed by atoms with van der Waals surface area (Å²) < 4.78 is 0. The summed E-state index contributed by atoms with van der Waals surface area (Å²) in [5, 5.41) is 16.3. The number of carbonyl (C=O) groups excluding carboxylic acids is 3. The van der Waals surface area contributed by atoms with Crippen LogP contribution in [-0.2, 0) is 25.6 Å². The molecule has 0 aromatic carbocycles. The standard InChI is InChI=1S/C19H33N7O5S/c1-32-7-5-15(18(30)23-10-16(27)28)26-19(31)14(4-2-3-6-20)25-17(29)13(21)8-12-9-22-11-24-12/h9,11,13-15H,2-8,10,20-21H2,1H3,(H,22,24)(H,23,30)(H,25,29)(H,26,31)(H,27,28). The molecule has 0 spiro atoms. The molecule has 1 aromatic heterocycles. The van der Waals surface area contributed by atoms with Gasteiger partial charge in [-0.3, -0.25) is 19.2 Å². The summed E-state index contributed by atoms with van der Waals surface area (Å²) in [5.41, 5.74) is 12.2. The van der Waals surface area contributed by atoms with Crippen LogP contribution < -0.4 is 27.4 Å². The number of carbonyl (C=O) groups is 4. The van der Waals surface area contributed by atoms with Crippen LogP contribution in [0.4, 0.5) is 0 Å². The van der Waals surface area contributed by atoms with Crippen molar-refractivity contribution in [1.82, 2.24) is 25.9 Å². The van der Waals surface area contributed by atoms with Gasteiger partial charge in [-0.15, -0.1) is 0 Å². The fraction of sp³-hybridized carbons (Fsp3) is 0.632. The Kier molecular flexibility index (Phi) is 13.0. The van der Waals surface area contributed by atoms with Gasteiger partial charge in [-0.05, 0) is 44.2 Å². The Morgan fingerprint density at radius 1 is 1.12 bits per heavy atom. The topological polar surface area (TPSA) is 205 Å². The lowest BCUT2D eigenvalue weighted by Crippen LogP contribution is -2.56. The average Bonchev–Trinajstić information content (AvgIpc) is 3.26. The highest BCUT2D eigenvalue weighted by atomic mass is 32.2. The lowest BCUT2D eigenvalue weighted by Gasteiger charge is -2.24. The Morgan fingerprint density at radius 2 is 1.81 bits per heavy atom. The maximum Gasteiger partial charge on any atom is 0.322 e. The Hall–Kier alpha value is -2.64.